The molecule has 1 aliphatic heterocycles. The minimum Gasteiger partial charge on any atom is -0.339 e. The van der Waals surface area contributed by atoms with Gasteiger partial charge in [-0.05, 0) is 31.7 Å². The Balaban J connectivity index is 1.28. The van der Waals surface area contributed by atoms with Crippen molar-refractivity contribution in [3.63, 3.8) is 0 Å². The van der Waals surface area contributed by atoms with Crippen molar-refractivity contribution in [2.24, 2.45) is 5.92 Å². The van der Waals surface area contributed by atoms with Gasteiger partial charge in [-0.25, -0.2) is 4.79 Å². The fraction of sp³-hybridized carbons (Fsp3) is 0.333. The first-order valence-corrected chi connectivity index (χ1v) is 10.6. The molecule has 1 saturated carbocycles. The zero-order valence-corrected chi connectivity index (χ0v) is 17.3. The number of rotatable bonds is 4. The van der Waals surface area contributed by atoms with Crippen LogP contribution in [0, 0.1) is 12.8 Å². The molecule has 3 amide bonds. The van der Waals surface area contributed by atoms with Gasteiger partial charge in [-0.1, -0.05) is 65.3 Å². The number of aryl methyl sites for hydroxylation is 1. The molecule has 3 aromatic rings. The number of urea groups is 1. The van der Waals surface area contributed by atoms with Crippen molar-refractivity contribution in [3.05, 3.63) is 71.6 Å². The van der Waals surface area contributed by atoms with Gasteiger partial charge in [0, 0.05) is 17.5 Å². The van der Waals surface area contributed by atoms with Gasteiger partial charge in [-0.2, -0.15) is 4.98 Å². The van der Waals surface area contributed by atoms with Crippen LogP contribution in [0.25, 0.3) is 11.4 Å². The molecule has 1 aliphatic carbocycles. The van der Waals surface area contributed by atoms with Gasteiger partial charge in [-0.15, -0.1) is 0 Å². The molecule has 5 rings (SSSR count). The Bertz CT molecular complexity index is 1090. The molecule has 7 nitrogen and oxygen atoms in total. The van der Waals surface area contributed by atoms with Crippen LogP contribution in [0.5, 0.6) is 0 Å². The number of carbonyl (C=O) groups is 2. The predicted molar refractivity (Wildman–Crippen MR) is 114 cm³/mol. The SMILES string of the molecule is Cc1ccc(CN2C(=O)NC3CC(c4nc(-c5ccccc5)no4)CCC3C2=O)cc1. The van der Waals surface area contributed by atoms with E-state index in [2.05, 4.69) is 15.5 Å². The van der Waals surface area contributed by atoms with E-state index in [0.29, 0.717) is 31.1 Å². The molecule has 0 radical (unpaired) electrons. The monoisotopic (exact) mass is 416 g/mol. The van der Waals surface area contributed by atoms with Crippen LogP contribution in [0.2, 0.25) is 0 Å². The molecule has 2 aliphatic rings. The molecule has 31 heavy (non-hydrogen) atoms. The average molecular weight is 416 g/mol. The summed E-state index contributed by atoms with van der Waals surface area (Å²) in [5.41, 5.74) is 2.99. The van der Waals surface area contributed by atoms with Crippen molar-refractivity contribution >= 4 is 11.9 Å². The number of amides is 3. The second kappa shape index (κ2) is 7.98. The minimum atomic E-state index is -0.331. The van der Waals surface area contributed by atoms with Crippen molar-refractivity contribution in [1.82, 2.24) is 20.4 Å². The van der Waals surface area contributed by atoms with Gasteiger partial charge in [0.1, 0.15) is 0 Å². The van der Waals surface area contributed by atoms with Gasteiger partial charge in [0.15, 0.2) is 0 Å². The molecule has 0 spiro atoms. The fourth-order valence-electron chi connectivity index (χ4n) is 4.52. The van der Waals surface area contributed by atoms with E-state index in [1.54, 1.807) is 0 Å². The summed E-state index contributed by atoms with van der Waals surface area (Å²) in [5.74, 6) is 0.856. The second-order valence-corrected chi connectivity index (χ2v) is 8.40. The van der Waals surface area contributed by atoms with E-state index in [4.69, 9.17) is 4.52 Å². The molecule has 1 N–H and O–H groups in total. The topological polar surface area (TPSA) is 88.3 Å². The van der Waals surface area contributed by atoms with Gasteiger partial charge in [-0.3, -0.25) is 9.69 Å². The van der Waals surface area contributed by atoms with Gasteiger partial charge in [0.25, 0.3) is 0 Å². The van der Waals surface area contributed by atoms with Crippen molar-refractivity contribution in [1.29, 1.82) is 0 Å². The lowest BCUT2D eigenvalue weighted by Crippen LogP contribution is -2.60. The Hall–Kier alpha value is -3.48. The van der Waals surface area contributed by atoms with Gasteiger partial charge < -0.3 is 9.84 Å². The van der Waals surface area contributed by atoms with Crippen LogP contribution in [0.4, 0.5) is 4.79 Å². The highest BCUT2D eigenvalue weighted by atomic mass is 16.5. The summed E-state index contributed by atoms with van der Waals surface area (Å²) in [7, 11) is 0. The smallest absolute Gasteiger partial charge is 0.324 e. The number of carbonyl (C=O) groups excluding carboxylic acids is 2. The highest BCUT2D eigenvalue weighted by Crippen LogP contribution is 2.38. The molecular formula is C24H24N4O3. The Morgan fingerprint density at radius 1 is 1.06 bits per heavy atom. The van der Waals surface area contributed by atoms with E-state index in [1.807, 2.05) is 61.5 Å². The third-order valence-corrected chi connectivity index (χ3v) is 6.27. The molecular weight excluding hydrogens is 392 g/mol. The summed E-state index contributed by atoms with van der Waals surface area (Å²) < 4.78 is 5.53. The molecule has 3 atom stereocenters. The van der Waals surface area contributed by atoms with Crippen molar-refractivity contribution < 1.29 is 14.1 Å². The number of aromatic nitrogens is 2. The van der Waals surface area contributed by atoms with Crippen LogP contribution >= 0.6 is 0 Å². The first-order chi connectivity index (χ1) is 15.1. The molecule has 1 saturated heterocycles. The van der Waals surface area contributed by atoms with E-state index in [0.717, 1.165) is 23.1 Å². The van der Waals surface area contributed by atoms with E-state index >= 15 is 0 Å². The summed E-state index contributed by atoms with van der Waals surface area (Å²) >= 11 is 0. The lowest BCUT2D eigenvalue weighted by atomic mass is 9.76. The third-order valence-electron chi connectivity index (χ3n) is 6.27. The minimum absolute atomic E-state index is 0.0305. The Kier molecular flexibility index (Phi) is 5.02. The first kappa shape index (κ1) is 19.5. The number of imide groups is 1. The van der Waals surface area contributed by atoms with E-state index in [9.17, 15) is 9.59 Å². The number of nitrogens with zero attached hydrogens (tertiary/aromatic N) is 3. The Morgan fingerprint density at radius 2 is 1.84 bits per heavy atom. The van der Waals surface area contributed by atoms with Crippen LogP contribution in [0.15, 0.2) is 59.1 Å². The quantitative estimate of drug-likeness (QED) is 0.693. The number of nitrogens with one attached hydrogen (secondary N) is 1. The van der Waals surface area contributed by atoms with Crippen molar-refractivity contribution in [3.8, 4) is 11.4 Å². The first-order valence-electron chi connectivity index (χ1n) is 10.6. The molecule has 0 bridgehead atoms. The standard InChI is InChI=1S/C24H24N4O3/c1-15-7-9-16(10-8-15)14-28-23(29)19-12-11-18(13-20(19)25-24(28)30)22-26-21(27-31-22)17-5-3-2-4-6-17/h2-10,18-20H,11-14H2,1H3,(H,25,30). The predicted octanol–water partition coefficient (Wildman–Crippen LogP) is 4.05. The van der Waals surface area contributed by atoms with Gasteiger partial charge >= 0.3 is 6.03 Å². The van der Waals surface area contributed by atoms with Crippen LogP contribution in [-0.4, -0.2) is 33.0 Å². The van der Waals surface area contributed by atoms with Crippen LogP contribution in [-0.2, 0) is 11.3 Å². The van der Waals surface area contributed by atoms with Gasteiger partial charge in [0.2, 0.25) is 17.6 Å². The van der Waals surface area contributed by atoms with Crippen molar-refractivity contribution in [2.75, 3.05) is 0 Å². The third kappa shape index (κ3) is 3.83. The zero-order valence-electron chi connectivity index (χ0n) is 17.3. The maximum absolute atomic E-state index is 13.1. The number of fused-ring (bicyclic) bond motifs is 1. The number of benzene rings is 2. The average Bonchev–Trinajstić information content (AvgIpc) is 3.28. The Morgan fingerprint density at radius 3 is 2.61 bits per heavy atom. The van der Waals surface area contributed by atoms with E-state index in [-0.39, 0.29) is 29.8 Å². The molecule has 1 aromatic heterocycles. The molecule has 2 fully saturated rings. The highest BCUT2D eigenvalue weighted by Gasteiger charge is 2.45. The normalized spacial score (nSPS) is 23.4. The summed E-state index contributed by atoms with van der Waals surface area (Å²) in [6, 6.07) is 17.0. The lowest BCUT2D eigenvalue weighted by molar-refractivity contribution is -0.137. The number of hydrogen-bond donors (Lipinski definition) is 1. The second-order valence-electron chi connectivity index (χ2n) is 8.40. The zero-order chi connectivity index (χ0) is 21.4. The molecule has 3 unspecified atom stereocenters. The molecule has 158 valence electrons. The fourth-order valence-corrected chi connectivity index (χ4v) is 4.52. The summed E-state index contributed by atoms with van der Waals surface area (Å²) in [6.45, 7) is 2.31. The summed E-state index contributed by atoms with van der Waals surface area (Å²) in [6.07, 6.45) is 2.08. The van der Waals surface area contributed by atoms with Crippen LogP contribution < -0.4 is 5.32 Å². The lowest BCUT2D eigenvalue weighted by Gasteiger charge is -2.41. The molecule has 2 heterocycles. The van der Waals surface area contributed by atoms with Crippen LogP contribution in [0.3, 0.4) is 0 Å². The van der Waals surface area contributed by atoms with Crippen LogP contribution in [0.1, 0.15) is 42.2 Å². The maximum atomic E-state index is 13.1. The summed E-state index contributed by atoms with van der Waals surface area (Å²) in [5, 5.41) is 7.16. The molecule has 7 heteroatoms. The van der Waals surface area contributed by atoms with E-state index in [1.165, 1.54) is 4.90 Å². The van der Waals surface area contributed by atoms with E-state index < -0.39 is 0 Å². The number of hydrogen-bond acceptors (Lipinski definition) is 5. The van der Waals surface area contributed by atoms with Gasteiger partial charge in [0.05, 0.1) is 12.5 Å². The maximum Gasteiger partial charge on any atom is 0.324 e. The largest absolute Gasteiger partial charge is 0.339 e. The summed E-state index contributed by atoms with van der Waals surface area (Å²) in [4.78, 5) is 31.7. The highest BCUT2D eigenvalue weighted by molar-refractivity contribution is 5.98. The Labute approximate surface area is 180 Å². The van der Waals surface area contributed by atoms with Crippen molar-refractivity contribution in [2.45, 2.75) is 44.7 Å². The molecule has 2 aromatic carbocycles.